The zero-order valence-electron chi connectivity index (χ0n) is 28.2. The number of carbonyl (C=O) groups is 5. The Morgan fingerprint density at radius 1 is 0.898 bits per heavy atom. The second-order valence-corrected chi connectivity index (χ2v) is 12.7. The fourth-order valence-corrected chi connectivity index (χ4v) is 6.03. The molecule has 0 spiro atoms. The quantitative estimate of drug-likeness (QED) is 0.364. The summed E-state index contributed by atoms with van der Waals surface area (Å²) >= 11 is 0. The number of nitrogens with zero attached hydrogens (tertiary/aromatic N) is 2. The molecule has 49 heavy (non-hydrogen) atoms. The van der Waals surface area contributed by atoms with Gasteiger partial charge < -0.3 is 35.2 Å². The van der Waals surface area contributed by atoms with Crippen LogP contribution in [0.2, 0.25) is 0 Å². The van der Waals surface area contributed by atoms with Crippen molar-refractivity contribution in [1.29, 1.82) is 0 Å². The maximum atomic E-state index is 14.0. The van der Waals surface area contributed by atoms with E-state index in [-0.39, 0.29) is 44.4 Å². The van der Waals surface area contributed by atoms with Gasteiger partial charge in [-0.15, -0.1) is 0 Å². The topological polar surface area (TPSA) is 146 Å². The van der Waals surface area contributed by atoms with Gasteiger partial charge in [0.05, 0.1) is 26.3 Å². The average molecular weight is 670 g/mol. The number of ether oxygens (including phenoxy) is 2. The van der Waals surface area contributed by atoms with Gasteiger partial charge in [-0.3, -0.25) is 24.0 Å². The molecule has 258 valence electrons. The number of rotatable bonds is 6. The molecule has 5 rings (SSSR count). The Morgan fingerprint density at radius 3 is 2.33 bits per heavy atom. The van der Waals surface area contributed by atoms with Crippen molar-refractivity contribution in [3.8, 4) is 16.9 Å². The molecule has 4 atom stereocenters. The fraction of sp³-hybridized carbons (Fsp3) is 0.378. The van der Waals surface area contributed by atoms with E-state index >= 15 is 0 Å². The maximum absolute atomic E-state index is 14.0. The molecule has 12 heteroatoms. The predicted molar refractivity (Wildman–Crippen MR) is 182 cm³/mol. The smallest absolute Gasteiger partial charge is 0.254 e. The first-order valence-electron chi connectivity index (χ1n) is 16.4. The van der Waals surface area contributed by atoms with Gasteiger partial charge in [-0.1, -0.05) is 68.4 Å². The number of methoxy groups -OCH3 is 1. The van der Waals surface area contributed by atoms with Crippen molar-refractivity contribution < 1.29 is 33.4 Å². The zero-order valence-corrected chi connectivity index (χ0v) is 28.2. The summed E-state index contributed by atoms with van der Waals surface area (Å²) in [5.41, 5.74) is 2.91. The molecule has 2 heterocycles. The Kier molecular flexibility index (Phi) is 11.3. The van der Waals surface area contributed by atoms with E-state index in [0.29, 0.717) is 11.3 Å². The predicted octanol–water partition coefficient (Wildman–Crippen LogP) is 2.03. The number of likely N-dealkylation sites (N-methyl/N-ethyl adjacent to an activating group) is 1. The SMILES string of the molecule is COc1cccc(-c2cccc(C(=O)N3C[C@@H]4CNC(=O)[C@H](C(C)C)NC(=O)CN(C)C(=O)[C@@H](Cc5ccccc5)NC(=O)[C@@H](C3)O4)c2)c1. The van der Waals surface area contributed by atoms with Crippen molar-refractivity contribution in [2.75, 3.05) is 40.3 Å². The summed E-state index contributed by atoms with van der Waals surface area (Å²) in [5, 5.41) is 8.42. The summed E-state index contributed by atoms with van der Waals surface area (Å²) in [6, 6.07) is 22.0. The molecule has 2 aliphatic heterocycles. The molecule has 0 aromatic heterocycles. The lowest BCUT2D eigenvalue weighted by Gasteiger charge is -2.38. The van der Waals surface area contributed by atoms with Crippen LogP contribution < -0.4 is 20.7 Å². The van der Waals surface area contributed by atoms with Gasteiger partial charge in [-0.2, -0.15) is 0 Å². The first-order valence-corrected chi connectivity index (χ1v) is 16.4. The van der Waals surface area contributed by atoms with Crippen LogP contribution in [0.1, 0.15) is 29.8 Å². The van der Waals surface area contributed by atoms with Crippen LogP contribution in [-0.4, -0.2) is 104 Å². The number of hydrogen-bond donors (Lipinski definition) is 3. The van der Waals surface area contributed by atoms with Crippen LogP contribution in [0.4, 0.5) is 0 Å². The lowest BCUT2D eigenvalue weighted by Crippen LogP contribution is -2.59. The summed E-state index contributed by atoms with van der Waals surface area (Å²) in [6.45, 7) is 3.31. The van der Waals surface area contributed by atoms with Crippen molar-refractivity contribution in [2.45, 2.75) is 44.6 Å². The third-order valence-electron chi connectivity index (χ3n) is 8.68. The molecule has 3 aromatic rings. The number of benzene rings is 3. The van der Waals surface area contributed by atoms with Gasteiger partial charge in [0.25, 0.3) is 11.8 Å². The van der Waals surface area contributed by atoms with Gasteiger partial charge in [0.15, 0.2) is 6.10 Å². The minimum absolute atomic E-state index is 0.0123. The van der Waals surface area contributed by atoms with Crippen LogP contribution in [0.5, 0.6) is 5.75 Å². The maximum Gasteiger partial charge on any atom is 0.254 e. The van der Waals surface area contributed by atoms with Gasteiger partial charge >= 0.3 is 0 Å². The van der Waals surface area contributed by atoms with Crippen molar-refractivity contribution in [3.05, 3.63) is 90.0 Å². The molecule has 0 radical (unpaired) electrons. The number of hydrogen-bond acceptors (Lipinski definition) is 7. The third kappa shape index (κ3) is 8.82. The zero-order chi connectivity index (χ0) is 35.1. The summed E-state index contributed by atoms with van der Waals surface area (Å²) in [5.74, 6) is -1.90. The monoisotopic (exact) mass is 669 g/mol. The van der Waals surface area contributed by atoms with E-state index in [0.717, 1.165) is 16.7 Å². The Labute approximate surface area is 286 Å². The molecule has 3 aromatic carbocycles. The molecule has 2 fully saturated rings. The van der Waals surface area contributed by atoms with Crippen LogP contribution in [0.3, 0.4) is 0 Å². The van der Waals surface area contributed by atoms with Crippen LogP contribution in [-0.2, 0) is 30.3 Å². The molecular weight excluding hydrogens is 626 g/mol. The van der Waals surface area contributed by atoms with Crippen LogP contribution in [0.15, 0.2) is 78.9 Å². The highest BCUT2D eigenvalue weighted by molar-refractivity contribution is 5.97. The van der Waals surface area contributed by atoms with Crippen LogP contribution in [0.25, 0.3) is 11.1 Å². The van der Waals surface area contributed by atoms with Gasteiger partial charge in [0, 0.05) is 32.1 Å². The summed E-state index contributed by atoms with van der Waals surface area (Å²) in [7, 11) is 3.06. The molecule has 0 unspecified atom stereocenters. The number of amides is 5. The van der Waals surface area contributed by atoms with Crippen molar-refractivity contribution >= 4 is 29.5 Å². The summed E-state index contributed by atoms with van der Waals surface area (Å²) in [4.78, 5) is 70.7. The van der Waals surface area contributed by atoms with Crippen molar-refractivity contribution in [1.82, 2.24) is 25.8 Å². The normalized spacial score (nSPS) is 22.4. The minimum atomic E-state index is -1.14. The summed E-state index contributed by atoms with van der Waals surface area (Å²) in [6.07, 6.45) is -1.72. The van der Waals surface area contributed by atoms with Crippen molar-refractivity contribution in [3.63, 3.8) is 0 Å². The standard InChI is InChI=1S/C37H43N5O7/c1-23(2)33-35(45)38-19-29-20-42(36(46)27-14-8-12-25(17-27)26-13-9-15-28(18-26)48-4)21-31(49-29)34(44)39-30(16-24-10-6-5-7-11-24)37(47)41(3)22-32(43)40-33/h5-15,17-18,23,29-31,33H,16,19-22H2,1-4H3,(H,38,45)(H,39,44)(H,40,43)/t29-,30+,31+,33-/m0/s1. The molecule has 3 N–H and O–H groups in total. The first kappa shape index (κ1) is 35.1. The fourth-order valence-electron chi connectivity index (χ4n) is 6.03. The van der Waals surface area contributed by atoms with E-state index in [4.69, 9.17) is 9.47 Å². The van der Waals surface area contributed by atoms with Crippen LogP contribution in [0, 0.1) is 5.92 Å². The Balaban J connectivity index is 1.45. The molecule has 0 saturated carbocycles. The van der Waals surface area contributed by atoms with Gasteiger partial charge in [-0.05, 0) is 46.9 Å². The highest BCUT2D eigenvalue weighted by Crippen LogP contribution is 2.26. The molecule has 12 nitrogen and oxygen atoms in total. The number of carbonyl (C=O) groups excluding carboxylic acids is 5. The van der Waals surface area contributed by atoms with Gasteiger partial charge in [0.2, 0.25) is 17.7 Å². The van der Waals surface area contributed by atoms with E-state index in [9.17, 15) is 24.0 Å². The lowest BCUT2D eigenvalue weighted by molar-refractivity contribution is -0.148. The molecule has 2 bridgehead atoms. The highest BCUT2D eigenvalue weighted by Gasteiger charge is 2.38. The Bertz CT molecular complexity index is 1680. The second-order valence-electron chi connectivity index (χ2n) is 12.7. The number of nitrogens with one attached hydrogen (secondary N) is 3. The highest BCUT2D eigenvalue weighted by atomic mass is 16.5. The largest absolute Gasteiger partial charge is 0.497 e. The first-order chi connectivity index (χ1) is 23.5. The third-order valence-corrected chi connectivity index (χ3v) is 8.68. The average Bonchev–Trinajstić information content (AvgIpc) is 3.11. The van der Waals surface area contributed by atoms with E-state index in [1.807, 2.05) is 60.7 Å². The molecule has 0 aliphatic carbocycles. The molecule has 2 aliphatic rings. The Hall–Kier alpha value is -5.23. The van der Waals surface area contributed by atoms with E-state index < -0.39 is 47.9 Å². The number of morpholine rings is 1. The molecule has 2 saturated heterocycles. The Morgan fingerprint density at radius 2 is 1.61 bits per heavy atom. The van der Waals surface area contributed by atoms with E-state index in [1.165, 1.54) is 16.8 Å². The number of fused-ring (bicyclic) bond motifs is 2. The lowest BCUT2D eigenvalue weighted by atomic mass is 10.0. The summed E-state index contributed by atoms with van der Waals surface area (Å²) < 4.78 is 11.6. The van der Waals surface area contributed by atoms with Crippen LogP contribution >= 0.6 is 0 Å². The van der Waals surface area contributed by atoms with Gasteiger partial charge in [0.1, 0.15) is 17.8 Å². The van der Waals surface area contributed by atoms with Crippen molar-refractivity contribution in [2.24, 2.45) is 5.92 Å². The van der Waals surface area contributed by atoms with Gasteiger partial charge in [-0.25, -0.2) is 0 Å². The van der Waals surface area contributed by atoms with E-state index in [1.54, 1.807) is 39.2 Å². The second kappa shape index (κ2) is 15.8. The molecule has 5 amide bonds. The minimum Gasteiger partial charge on any atom is -0.497 e. The molecular formula is C37H43N5O7. The van der Waals surface area contributed by atoms with E-state index in [2.05, 4.69) is 16.0 Å².